The number of anilines is 1. The average Bonchev–Trinajstić information content (AvgIpc) is 3.10. The topological polar surface area (TPSA) is 72.9 Å². The summed E-state index contributed by atoms with van der Waals surface area (Å²) in [6.45, 7) is 6.86. The zero-order chi connectivity index (χ0) is 20.6. The van der Waals surface area contributed by atoms with Crippen LogP contribution in [0.2, 0.25) is 0 Å². The number of nitrogen functional groups attached to an aromatic ring is 1. The highest BCUT2D eigenvalue weighted by Gasteiger charge is 2.24. The summed E-state index contributed by atoms with van der Waals surface area (Å²) < 4.78 is 7.54. The molecule has 3 heterocycles. The van der Waals surface area contributed by atoms with E-state index in [4.69, 9.17) is 10.5 Å². The number of hydrogen-bond acceptors (Lipinski definition) is 4. The first-order valence-electron chi connectivity index (χ1n) is 9.80. The molecule has 0 radical (unpaired) electrons. The summed E-state index contributed by atoms with van der Waals surface area (Å²) >= 11 is 0. The molecule has 0 saturated heterocycles. The van der Waals surface area contributed by atoms with Crippen LogP contribution in [0.5, 0.6) is 0 Å². The van der Waals surface area contributed by atoms with Crippen LogP contribution < -0.4 is 5.73 Å². The first-order chi connectivity index (χ1) is 13.8. The Labute approximate surface area is 170 Å². The first kappa shape index (κ1) is 19.1. The lowest BCUT2D eigenvalue weighted by molar-refractivity contribution is 0.0270. The van der Waals surface area contributed by atoms with Crippen molar-refractivity contribution < 1.29 is 9.53 Å². The molecule has 0 spiro atoms. The van der Waals surface area contributed by atoms with Gasteiger partial charge in [-0.25, -0.2) is 9.78 Å². The van der Waals surface area contributed by atoms with E-state index < -0.39 is 5.60 Å². The molecule has 0 bridgehead atoms. The van der Waals surface area contributed by atoms with Gasteiger partial charge in [0.2, 0.25) is 0 Å². The minimum atomic E-state index is -0.477. The van der Waals surface area contributed by atoms with Gasteiger partial charge in [-0.05, 0) is 62.6 Å². The molecule has 0 unspecified atom stereocenters. The second-order valence-corrected chi connectivity index (χ2v) is 8.31. The predicted octanol–water partition coefficient (Wildman–Crippen LogP) is 4.61. The van der Waals surface area contributed by atoms with Gasteiger partial charge in [0.25, 0.3) is 0 Å². The fourth-order valence-electron chi connectivity index (χ4n) is 3.47. The lowest BCUT2D eigenvalue weighted by atomic mass is 10.0. The number of amides is 1. The Hall–Kier alpha value is -3.28. The number of carbonyl (C=O) groups is 1. The van der Waals surface area contributed by atoms with Gasteiger partial charge in [-0.15, -0.1) is 0 Å². The molecule has 6 nitrogen and oxygen atoms in total. The Bertz CT molecular complexity index is 1070. The van der Waals surface area contributed by atoms with E-state index in [-0.39, 0.29) is 6.09 Å². The van der Waals surface area contributed by atoms with Gasteiger partial charge in [0.15, 0.2) is 0 Å². The molecule has 29 heavy (non-hydrogen) atoms. The van der Waals surface area contributed by atoms with Gasteiger partial charge in [-0.3, -0.25) is 4.40 Å². The highest BCUT2D eigenvalue weighted by Crippen LogP contribution is 2.27. The van der Waals surface area contributed by atoms with E-state index >= 15 is 0 Å². The van der Waals surface area contributed by atoms with Crippen LogP contribution in [0, 0.1) is 0 Å². The van der Waals surface area contributed by atoms with Gasteiger partial charge in [-0.2, -0.15) is 0 Å². The van der Waals surface area contributed by atoms with Crippen molar-refractivity contribution in [1.29, 1.82) is 0 Å². The fraction of sp³-hybridized carbons (Fsp3) is 0.304. The zero-order valence-corrected chi connectivity index (χ0v) is 17.1. The third-order valence-corrected chi connectivity index (χ3v) is 4.95. The number of carbonyl (C=O) groups excluding carboxylic acids is 1. The van der Waals surface area contributed by atoms with Crippen LogP contribution in [0.25, 0.3) is 22.5 Å². The number of nitrogens with zero attached hydrogens (tertiary/aromatic N) is 3. The lowest BCUT2D eigenvalue weighted by Gasteiger charge is -2.29. The molecule has 3 aromatic rings. The van der Waals surface area contributed by atoms with E-state index in [9.17, 15) is 4.79 Å². The van der Waals surface area contributed by atoms with E-state index in [1.54, 1.807) is 4.90 Å². The van der Waals surface area contributed by atoms with Crippen molar-refractivity contribution in [2.75, 3.05) is 18.8 Å². The number of imidazole rings is 1. The molecule has 6 heteroatoms. The molecule has 1 aliphatic rings. The van der Waals surface area contributed by atoms with E-state index in [1.807, 2.05) is 57.4 Å². The van der Waals surface area contributed by atoms with E-state index in [0.29, 0.717) is 13.1 Å². The summed E-state index contributed by atoms with van der Waals surface area (Å²) in [7, 11) is 0. The minimum Gasteiger partial charge on any atom is -0.444 e. The molecular weight excluding hydrogens is 364 g/mol. The van der Waals surface area contributed by atoms with Gasteiger partial charge in [-0.1, -0.05) is 18.2 Å². The van der Waals surface area contributed by atoms with Crippen molar-refractivity contribution in [3.05, 3.63) is 60.4 Å². The molecular formula is C23H26N4O2. The third-order valence-electron chi connectivity index (χ3n) is 4.95. The quantitative estimate of drug-likeness (QED) is 0.649. The average molecular weight is 390 g/mol. The van der Waals surface area contributed by atoms with Gasteiger partial charge in [0.1, 0.15) is 11.2 Å². The number of ether oxygens (including phenoxy) is 1. The Kier molecular flexibility index (Phi) is 4.78. The number of nitrogens with two attached hydrogens (primary N) is 1. The Morgan fingerprint density at radius 3 is 2.55 bits per heavy atom. The predicted molar refractivity (Wildman–Crippen MR) is 115 cm³/mol. The normalized spacial score (nSPS) is 14.7. The zero-order valence-electron chi connectivity index (χ0n) is 17.1. The summed E-state index contributed by atoms with van der Waals surface area (Å²) in [5, 5.41) is 0. The Morgan fingerprint density at radius 1 is 1.14 bits per heavy atom. The lowest BCUT2D eigenvalue weighted by Crippen LogP contribution is -2.39. The highest BCUT2D eigenvalue weighted by atomic mass is 16.6. The van der Waals surface area contributed by atoms with Crippen molar-refractivity contribution in [1.82, 2.24) is 14.3 Å². The van der Waals surface area contributed by atoms with Gasteiger partial charge in [0.05, 0.1) is 11.9 Å². The van der Waals surface area contributed by atoms with Crippen molar-refractivity contribution in [3.8, 4) is 11.3 Å². The van der Waals surface area contributed by atoms with Crippen molar-refractivity contribution >= 4 is 23.0 Å². The smallest absolute Gasteiger partial charge is 0.410 e. The fourth-order valence-corrected chi connectivity index (χ4v) is 3.47. The first-order valence-corrected chi connectivity index (χ1v) is 9.80. The number of rotatable bonds is 2. The van der Waals surface area contributed by atoms with Gasteiger partial charge < -0.3 is 15.4 Å². The number of pyridine rings is 1. The number of benzene rings is 1. The van der Waals surface area contributed by atoms with Crippen LogP contribution in [-0.2, 0) is 4.74 Å². The second kappa shape index (κ2) is 7.28. The van der Waals surface area contributed by atoms with E-state index in [1.165, 1.54) is 5.57 Å². The maximum absolute atomic E-state index is 12.2. The number of fused-ring (bicyclic) bond motifs is 1. The molecule has 1 aromatic carbocycles. The third kappa shape index (κ3) is 4.11. The van der Waals surface area contributed by atoms with Gasteiger partial charge in [0, 0.05) is 30.5 Å². The van der Waals surface area contributed by atoms with E-state index in [0.717, 1.165) is 34.6 Å². The molecule has 1 amide bonds. The molecule has 150 valence electrons. The van der Waals surface area contributed by atoms with Crippen LogP contribution in [0.4, 0.5) is 10.5 Å². The molecule has 0 saturated carbocycles. The van der Waals surface area contributed by atoms with Crippen molar-refractivity contribution in [2.24, 2.45) is 0 Å². The Balaban J connectivity index is 1.53. The maximum Gasteiger partial charge on any atom is 0.410 e. The standard InChI is InChI=1S/C23H26N4O2/c1-23(2,3)29-22(28)26-11-8-16(9-12-26)18-10-13-27-20(15-25-21(27)14-18)17-4-6-19(24)7-5-17/h4-8,10,13-15H,9,11-12,24H2,1-3H3. The summed E-state index contributed by atoms with van der Waals surface area (Å²) in [6.07, 6.45) is 6.56. The minimum absolute atomic E-state index is 0.260. The van der Waals surface area contributed by atoms with Crippen LogP contribution in [-0.4, -0.2) is 39.1 Å². The molecule has 1 aliphatic heterocycles. The number of aromatic nitrogens is 2. The highest BCUT2D eigenvalue weighted by molar-refractivity contribution is 5.74. The van der Waals surface area contributed by atoms with Crippen molar-refractivity contribution in [2.45, 2.75) is 32.8 Å². The Morgan fingerprint density at radius 2 is 1.90 bits per heavy atom. The van der Waals surface area contributed by atoms with E-state index in [2.05, 4.69) is 27.6 Å². The monoisotopic (exact) mass is 390 g/mol. The molecule has 2 N–H and O–H groups in total. The summed E-state index contributed by atoms with van der Waals surface area (Å²) in [5.41, 5.74) is 11.4. The molecule has 4 rings (SSSR count). The summed E-state index contributed by atoms with van der Waals surface area (Å²) in [6, 6.07) is 12.0. The van der Waals surface area contributed by atoms with Gasteiger partial charge >= 0.3 is 6.09 Å². The molecule has 2 aromatic heterocycles. The van der Waals surface area contributed by atoms with Crippen LogP contribution in [0.15, 0.2) is 54.9 Å². The van der Waals surface area contributed by atoms with Crippen molar-refractivity contribution in [3.63, 3.8) is 0 Å². The summed E-state index contributed by atoms with van der Waals surface area (Å²) in [5.74, 6) is 0. The van der Waals surface area contributed by atoms with Crippen LogP contribution in [0.1, 0.15) is 32.8 Å². The molecule has 0 atom stereocenters. The van der Waals surface area contributed by atoms with Crippen LogP contribution in [0.3, 0.4) is 0 Å². The largest absolute Gasteiger partial charge is 0.444 e. The number of hydrogen-bond donors (Lipinski definition) is 1. The SMILES string of the molecule is CC(C)(C)OC(=O)N1CC=C(c2ccn3c(-c4ccc(N)cc4)cnc3c2)CC1. The molecule has 0 fully saturated rings. The second-order valence-electron chi connectivity index (χ2n) is 8.31. The maximum atomic E-state index is 12.2. The summed E-state index contributed by atoms with van der Waals surface area (Å²) in [4.78, 5) is 18.6. The van der Waals surface area contributed by atoms with Crippen LogP contribution >= 0.6 is 0 Å². The molecule has 0 aliphatic carbocycles.